The van der Waals surface area contributed by atoms with Crippen LogP contribution in [0.3, 0.4) is 0 Å². The fourth-order valence-corrected chi connectivity index (χ4v) is 2.58. The zero-order chi connectivity index (χ0) is 16.4. The van der Waals surface area contributed by atoms with Crippen LogP contribution in [0.4, 0.5) is 0 Å². The van der Waals surface area contributed by atoms with E-state index >= 15 is 0 Å². The van der Waals surface area contributed by atoms with E-state index in [0.29, 0.717) is 11.8 Å². The van der Waals surface area contributed by atoms with E-state index in [0.717, 1.165) is 24.9 Å². The molecule has 1 rings (SSSR count). The highest BCUT2D eigenvalue weighted by molar-refractivity contribution is 5.95. The normalized spacial score (nSPS) is 11.9. The third-order valence-electron chi connectivity index (χ3n) is 4.01. The Morgan fingerprint density at radius 1 is 0.955 bits per heavy atom. The van der Waals surface area contributed by atoms with Crippen molar-refractivity contribution < 1.29 is 4.79 Å². The molecule has 0 saturated heterocycles. The summed E-state index contributed by atoms with van der Waals surface area (Å²) in [5.74, 6) is 0.272. The molecule has 0 aliphatic rings. The molecule has 0 aliphatic carbocycles. The molecule has 124 valence electrons. The van der Waals surface area contributed by atoms with Crippen molar-refractivity contribution >= 4 is 5.78 Å². The van der Waals surface area contributed by atoms with Crippen LogP contribution in [0.1, 0.15) is 69.7 Å². The molecule has 0 saturated carbocycles. The third kappa shape index (κ3) is 8.99. The largest absolute Gasteiger partial charge is 0.306 e. The van der Waals surface area contributed by atoms with E-state index in [-0.39, 0.29) is 5.78 Å². The Morgan fingerprint density at radius 2 is 1.55 bits per heavy atom. The first kappa shape index (κ1) is 18.9. The average Bonchev–Trinajstić information content (AvgIpc) is 2.48. The molecule has 22 heavy (non-hydrogen) atoms. The van der Waals surface area contributed by atoms with Gasteiger partial charge in [-0.2, -0.15) is 0 Å². The van der Waals surface area contributed by atoms with E-state index in [9.17, 15) is 4.79 Å². The Balaban J connectivity index is 2.05. The Morgan fingerprint density at radius 3 is 2.14 bits per heavy atom. The molecule has 0 aliphatic heterocycles. The highest BCUT2D eigenvalue weighted by Crippen LogP contribution is 2.21. The molecule has 0 atom stereocenters. The fraction of sp³-hybridized carbons (Fsp3) is 0.650. The van der Waals surface area contributed by atoms with Gasteiger partial charge in [0, 0.05) is 12.0 Å². The quantitative estimate of drug-likeness (QED) is 0.438. The minimum Gasteiger partial charge on any atom is -0.306 e. The Hall–Kier alpha value is -1.15. The van der Waals surface area contributed by atoms with Crippen molar-refractivity contribution in [2.45, 2.75) is 59.3 Å². The number of Topliss-reactive ketones (excluding diaryl/α,β-unsaturated/α-hetero) is 1. The molecule has 2 heteroatoms. The molecule has 2 nitrogen and oxygen atoms in total. The van der Waals surface area contributed by atoms with Crippen molar-refractivity contribution in [3.8, 4) is 0 Å². The maximum Gasteiger partial charge on any atom is 0.162 e. The zero-order valence-electron chi connectivity index (χ0n) is 14.9. The number of carbonyl (C=O) groups excluding carboxylic acids is 1. The first-order chi connectivity index (χ1) is 10.4. The van der Waals surface area contributed by atoms with E-state index < -0.39 is 0 Å². The van der Waals surface area contributed by atoms with Crippen LogP contribution in [-0.2, 0) is 0 Å². The number of ketones is 1. The Kier molecular flexibility index (Phi) is 8.40. The smallest absolute Gasteiger partial charge is 0.162 e. The van der Waals surface area contributed by atoms with Crippen LogP contribution < -0.4 is 0 Å². The van der Waals surface area contributed by atoms with Crippen molar-refractivity contribution in [2.24, 2.45) is 5.41 Å². The van der Waals surface area contributed by atoms with E-state index in [1.54, 1.807) is 0 Å². The van der Waals surface area contributed by atoms with Gasteiger partial charge in [0.25, 0.3) is 0 Å². The molecule has 1 aromatic carbocycles. The Labute approximate surface area is 136 Å². The van der Waals surface area contributed by atoms with Gasteiger partial charge in [0.2, 0.25) is 0 Å². The molecule has 0 aromatic heterocycles. The number of hydrogen-bond acceptors (Lipinski definition) is 2. The van der Waals surface area contributed by atoms with E-state index in [2.05, 4.69) is 32.7 Å². The molecule has 0 fully saturated rings. The van der Waals surface area contributed by atoms with Gasteiger partial charge in [-0.25, -0.2) is 0 Å². The van der Waals surface area contributed by atoms with Crippen molar-refractivity contribution in [1.29, 1.82) is 0 Å². The van der Waals surface area contributed by atoms with Crippen LogP contribution in [0.15, 0.2) is 30.3 Å². The molecule has 0 amide bonds. The number of unbranched alkanes of at least 4 members (excludes halogenated alkanes) is 2. The predicted octanol–water partition coefficient (Wildman–Crippen LogP) is 5.19. The summed E-state index contributed by atoms with van der Waals surface area (Å²) in [5, 5.41) is 0. The summed E-state index contributed by atoms with van der Waals surface area (Å²) in [6, 6.07) is 9.62. The molecular formula is C20H33NO. The molecule has 0 spiro atoms. The number of rotatable bonds is 10. The van der Waals surface area contributed by atoms with Gasteiger partial charge in [0.1, 0.15) is 0 Å². The maximum absolute atomic E-state index is 12.0. The number of nitrogens with zero attached hydrogens (tertiary/aromatic N) is 1. The van der Waals surface area contributed by atoms with Crippen LogP contribution in [0.25, 0.3) is 0 Å². The minimum absolute atomic E-state index is 0.272. The lowest BCUT2D eigenvalue weighted by Gasteiger charge is -2.20. The second kappa shape index (κ2) is 9.78. The van der Waals surface area contributed by atoms with Crippen LogP contribution in [-0.4, -0.2) is 30.8 Å². The monoisotopic (exact) mass is 303 g/mol. The molecule has 0 unspecified atom stereocenters. The highest BCUT2D eigenvalue weighted by Gasteiger charge is 2.09. The molecule has 0 radical (unpaired) electrons. The van der Waals surface area contributed by atoms with Crippen molar-refractivity contribution in [3.63, 3.8) is 0 Å². The summed E-state index contributed by atoms with van der Waals surface area (Å²) >= 11 is 0. The van der Waals surface area contributed by atoms with Gasteiger partial charge in [-0.1, -0.05) is 57.5 Å². The van der Waals surface area contributed by atoms with E-state index in [1.165, 1.54) is 25.8 Å². The average molecular weight is 303 g/mol. The first-order valence-corrected chi connectivity index (χ1v) is 8.65. The first-order valence-electron chi connectivity index (χ1n) is 8.65. The summed E-state index contributed by atoms with van der Waals surface area (Å²) in [4.78, 5) is 14.4. The predicted molar refractivity (Wildman–Crippen MR) is 95.4 cm³/mol. The van der Waals surface area contributed by atoms with Gasteiger partial charge >= 0.3 is 0 Å². The van der Waals surface area contributed by atoms with Crippen LogP contribution in [0.2, 0.25) is 0 Å². The number of carbonyl (C=O) groups is 1. The topological polar surface area (TPSA) is 20.3 Å². The number of hydrogen-bond donors (Lipinski definition) is 0. The maximum atomic E-state index is 12.0. The van der Waals surface area contributed by atoms with Gasteiger partial charge in [-0.3, -0.25) is 4.79 Å². The van der Waals surface area contributed by atoms with Crippen molar-refractivity contribution in [3.05, 3.63) is 35.9 Å². The lowest BCUT2D eigenvalue weighted by molar-refractivity contribution is 0.0978. The van der Waals surface area contributed by atoms with Crippen LogP contribution in [0, 0.1) is 5.41 Å². The van der Waals surface area contributed by atoms with Crippen LogP contribution in [0.5, 0.6) is 0 Å². The summed E-state index contributed by atoms with van der Waals surface area (Å²) in [5.41, 5.74) is 1.30. The van der Waals surface area contributed by atoms with Crippen molar-refractivity contribution in [2.75, 3.05) is 20.1 Å². The molecule has 1 aromatic rings. The lowest BCUT2D eigenvalue weighted by atomic mass is 9.90. The van der Waals surface area contributed by atoms with Crippen LogP contribution >= 0.6 is 0 Å². The van der Waals surface area contributed by atoms with Gasteiger partial charge < -0.3 is 4.90 Å². The molecule has 0 N–H and O–H groups in total. The molecule has 0 bridgehead atoms. The summed E-state index contributed by atoms with van der Waals surface area (Å²) in [7, 11) is 2.19. The van der Waals surface area contributed by atoms with Gasteiger partial charge in [-0.05, 0) is 51.2 Å². The highest BCUT2D eigenvalue weighted by atomic mass is 16.1. The van der Waals surface area contributed by atoms with Crippen molar-refractivity contribution in [1.82, 2.24) is 4.90 Å². The summed E-state index contributed by atoms with van der Waals surface area (Å²) in [6.07, 6.45) is 6.64. The zero-order valence-corrected chi connectivity index (χ0v) is 14.9. The SMILES string of the molecule is CN(CCCCC(=O)c1ccccc1)CCCCC(C)(C)C. The Bertz CT molecular complexity index is 419. The van der Waals surface area contributed by atoms with Gasteiger partial charge in [0.05, 0.1) is 0 Å². The lowest BCUT2D eigenvalue weighted by Crippen LogP contribution is -2.21. The molecule has 0 heterocycles. The van der Waals surface area contributed by atoms with Gasteiger partial charge in [0.15, 0.2) is 5.78 Å². The fourth-order valence-electron chi connectivity index (χ4n) is 2.58. The minimum atomic E-state index is 0.272. The van der Waals surface area contributed by atoms with Gasteiger partial charge in [-0.15, -0.1) is 0 Å². The molecular weight excluding hydrogens is 270 g/mol. The second-order valence-electron chi connectivity index (χ2n) is 7.57. The summed E-state index contributed by atoms with van der Waals surface area (Å²) in [6.45, 7) is 9.18. The van der Waals surface area contributed by atoms with E-state index in [4.69, 9.17) is 0 Å². The third-order valence-corrected chi connectivity index (χ3v) is 4.01. The summed E-state index contributed by atoms with van der Waals surface area (Å²) < 4.78 is 0. The standard InChI is InChI=1S/C20H33NO/c1-20(2,3)15-9-11-17-21(4)16-10-8-14-19(22)18-12-6-5-7-13-18/h5-7,12-13H,8-11,14-17H2,1-4H3. The van der Waals surface area contributed by atoms with E-state index in [1.807, 2.05) is 30.3 Å². The second-order valence-corrected chi connectivity index (χ2v) is 7.57. The number of benzene rings is 1.